The van der Waals surface area contributed by atoms with Crippen LogP contribution in [0, 0.1) is 5.82 Å². The van der Waals surface area contributed by atoms with Crippen molar-refractivity contribution in [2.24, 2.45) is 0 Å². The summed E-state index contributed by atoms with van der Waals surface area (Å²) in [6, 6.07) is 26.3. The minimum absolute atomic E-state index is 0.0370. The van der Waals surface area contributed by atoms with Crippen LogP contribution in [0.3, 0.4) is 0 Å². The summed E-state index contributed by atoms with van der Waals surface area (Å²) in [6.07, 6.45) is 5.53. The molecule has 2 heterocycles. The van der Waals surface area contributed by atoms with Crippen LogP contribution in [0.4, 0.5) is 10.1 Å². The maximum atomic E-state index is 12.9. The molecule has 1 saturated carbocycles. The smallest absolute Gasteiger partial charge is 0.126 e. The van der Waals surface area contributed by atoms with E-state index in [9.17, 15) is 4.39 Å². The van der Waals surface area contributed by atoms with Crippen LogP contribution in [0.5, 0.6) is 0 Å². The lowest BCUT2D eigenvalue weighted by atomic mass is 9.94. The van der Waals surface area contributed by atoms with Crippen LogP contribution in [0.25, 0.3) is 0 Å². The highest BCUT2D eigenvalue weighted by Crippen LogP contribution is 2.42. The van der Waals surface area contributed by atoms with E-state index in [1.807, 2.05) is 18.2 Å². The summed E-state index contributed by atoms with van der Waals surface area (Å²) in [5, 5.41) is 6.97. The number of benzene rings is 3. The van der Waals surface area contributed by atoms with Gasteiger partial charge in [0.05, 0.1) is 6.04 Å². The molecule has 0 amide bonds. The molecule has 0 spiro atoms. The molecule has 1 saturated heterocycles. The first-order valence-electron chi connectivity index (χ1n) is 13.7. The second kappa shape index (κ2) is 11.7. The lowest BCUT2D eigenvalue weighted by Crippen LogP contribution is -2.35. The fourth-order valence-corrected chi connectivity index (χ4v) is 5.59. The molecule has 2 N–H and O–H groups in total. The molecule has 38 heavy (non-hydrogen) atoms. The van der Waals surface area contributed by atoms with E-state index in [1.54, 1.807) is 6.07 Å². The second-order valence-corrected chi connectivity index (χ2v) is 10.6. The molecule has 3 aliphatic rings. The van der Waals surface area contributed by atoms with Crippen molar-refractivity contribution in [3.63, 3.8) is 0 Å². The van der Waals surface area contributed by atoms with E-state index in [1.165, 1.54) is 47.8 Å². The Balaban J connectivity index is 0.000000244. The van der Waals surface area contributed by atoms with Crippen LogP contribution in [0.15, 0.2) is 116 Å². The van der Waals surface area contributed by atoms with Gasteiger partial charge in [0, 0.05) is 41.8 Å². The predicted molar refractivity (Wildman–Crippen MR) is 156 cm³/mol. The van der Waals surface area contributed by atoms with Gasteiger partial charge in [-0.2, -0.15) is 0 Å². The SMILES string of the molecule is C=C1Nc2ccccc2C1CC(=C)N1CCCC1C(=C)NCc1ccccc1.Fc1ccccc1C1CC1. The Kier molecular flexibility index (Phi) is 7.97. The fourth-order valence-electron chi connectivity index (χ4n) is 5.59. The minimum Gasteiger partial charge on any atom is -0.383 e. The van der Waals surface area contributed by atoms with E-state index in [4.69, 9.17) is 0 Å². The summed E-state index contributed by atoms with van der Waals surface area (Å²) in [7, 11) is 0. The number of halogens is 1. The zero-order valence-electron chi connectivity index (χ0n) is 22.1. The Morgan fingerprint density at radius 2 is 1.58 bits per heavy atom. The number of anilines is 1. The lowest BCUT2D eigenvalue weighted by molar-refractivity contribution is 0.329. The molecular formula is C34H38FN3. The van der Waals surface area contributed by atoms with Crippen molar-refractivity contribution in [3.05, 3.63) is 138 Å². The number of nitrogens with one attached hydrogen (secondary N) is 2. The third kappa shape index (κ3) is 6.02. The summed E-state index contributed by atoms with van der Waals surface area (Å²) < 4.78 is 12.9. The number of hydrogen-bond donors (Lipinski definition) is 2. The monoisotopic (exact) mass is 507 g/mol. The molecule has 2 unspecified atom stereocenters. The molecule has 0 radical (unpaired) electrons. The summed E-state index contributed by atoms with van der Waals surface area (Å²) in [6.45, 7) is 14.9. The maximum Gasteiger partial charge on any atom is 0.126 e. The molecule has 2 aliphatic heterocycles. The number of likely N-dealkylation sites (tertiary alicyclic amines) is 1. The molecule has 4 heteroatoms. The van der Waals surface area contributed by atoms with Crippen molar-refractivity contribution < 1.29 is 4.39 Å². The van der Waals surface area contributed by atoms with Crippen LogP contribution < -0.4 is 10.6 Å². The fraction of sp³-hybridized carbons (Fsp3) is 0.294. The molecular weight excluding hydrogens is 469 g/mol. The van der Waals surface area contributed by atoms with Gasteiger partial charge >= 0.3 is 0 Å². The minimum atomic E-state index is -0.0370. The van der Waals surface area contributed by atoms with Crippen molar-refractivity contribution in [3.8, 4) is 0 Å². The molecule has 2 fully saturated rings. The highest BCUT2D eigenvalue weighted by atomic mass is 19.1. The van der Waals surface area contributed by atoms with Crippen LogP contribution in [-0.4, -0.2) is 17.5 Å². The first-order chi connectivity index (χ1) is 18.5. The lowest BCUT2D eigenvalue weighted by Gasteiger charge is -2.32. The van der Waals surface area contributed by atoms with Crippen molar-refractivity contribution in [2.75, 3.05) is 11.9 Å². The zero-order valence-corrected chi connectivity index (χ0v) is 22.1. The molecule has 3 nitrogen and oxygen atoms in total. The largest absolute Gasteiger partial charge is 0.383 e. The highest BCUT2D eigenvalue weighted by molar-refractivity contribution is 5.64. The van der Waals surface area contributed by atoms with E-state index in [2.05, 4.69) is 83.8 Å². The second-order valence-electron chi connectivity index (χ2n) is 10.6. The number of rotatable bonds is 8. The molecule has 1 aliphatic carbocycles. The molecule has 196 valence electrons. The van der Waals surface area contributed by atoms with Gasteiger partial charge in [-0.1, -0.05) is 86.5 Å². The van der Waals surface area contributed by atoms with Gasteiger partial charge in [0.2, 0.25) is 0 Å². The first kappa shape index (κ1) is 25.8. The van der Waals surface area contributed by atoms with Crippen molar-refractivity contribution in [1.82, 2.24) is 10.2 Å². The number of nitrogens with zero attached hydrogens (tertiary/aromatic N) is 1. The van der Waals surface area contributed by atoms with Gasteiger partial charge in [0.15, 0.2) is 0 Å². The van der Waals surface area contributed by atoms with Crippen molar-refractivity contribution in [2.45, 2.75) is 56.5 Å². The van der Waals surface area contributed by atoms with E-state index in [0.29, 0.717) is 12.0 Å². The van der Waals surface area contributed by atoms with E-state index >= 15 is 0 Å². The van der Waals surface area contributed by atoms with Crippen LogP contribution in [-0.2, 0) is 6.54 Å². The highest BCUT2D eigenvalue weighted by Gasteiger charge is 2.32. The van der Waals surface area contributed by atoms with Gasteiger partial charge in [0.1, 0.15) is 5.82 Å². The van der Waals surface area contributed by atoms with Gasteiger partial charge in [-0.3, -0.25) is 0 Å². The predicted octanol–water partition coefficient (Wildman–Crippen LogP) is 8.08. The third-order valence-electron chi connectivity index (χ3n) is 7.84. The Labute approximate surface area is 226 Å². The molecule has 6 rings (SSSR count). The van der Waals surface area contributed by atoms with Crippen LogP contribution in [0.2, 0.25) is 0 Å². The number of fused-ring (bicyclic) bond motifs is 1. The normalized spacial score (nSPS) is 19.7. The van der Waals surface area contributed by atoms with Gasteiger partial charge in [0.25, 0.3) is 0 Å². The Hall–Kier alpha value is -3.79. The maximum absolute atomic E-state index is 12.9. The summed E-state index contributed by atoms with van der Waals surface area (Å²) in [5.74, 6) is 0.779. The Morgan fingerprint density at radius 3 is 2.32 bits per heavy atom. The molecule has 0 aromatic heterocycles. The summed E-state index contributed by atoms with van der Waals surface area (Å²) in [4.78, 5) is 2.44. The first-order valence-corrected chi connectivity index (χ1v) is 13.7. The molecule has 3 aromatic rings. The Bertz CT molecular complexity index is 1290. The van der Waals surface area contributed by atoms with E-state index in [-0.39, 0.29) is 11.7 Å². The quantitative estimate of drug-likeness (QED) is 0.323. The average molecular weight is 508 g/mol. The number of allylic oxidation sites excluding steroid dienone is 2. The van der Waals surface area contributed by atoms with E-state index in [0.717, 1.165) is 42.9 Å². The average Bonchev–Trinajstić information content (AvgIpc) is 3.57. The topological polar surface area (TPSA) is 27.3 Å². The molecule has 3 aromatic carbocycles. The number of hydrogen-bond acceptors (Lipinski definition) is 3. The van der Waals surface area contributed by atoms with Gasteiger partial charge in [-0.25, -0.2) is 4.39 Å². The van der Waals surface area contributed by atoms with Gasteiger partial charge in [-0.05, 0) is 66.8 Å². The van der Waals surface area contributed by atoms with Gasteiger partial charge < -0.3 is 15.5 Å². The summed E-state index contributed by atoms with van der Waals surface area (Å²) >= 11 is 0. The Morgan fingerprint density at radius 1 is 0.895 bits per heavy atom. The van der Waals surface area contributed by atoms with E-state index < -0.39 is 0 Å². The zero-order chi connectivity index (χ0) is 26.5. The number of para-hydroxylation sites is 1. The van der Waals surface area contributed by atoms with Crippen LogP contribution in [0.1, 0.15) is 60.6 Å². The standard InChI is InChI=1S/C25H29N3.C9H9F/c1-18(16-23-19(2)27-24-13-8-7-12-22(23)24)28-15-9-14-25(28)20(3)26-17-21-10-5-4-6-11-21;10-9-4-2-1-3-8(9)7-5-6-7/h4-8,10-13,23,25-27H,1-3,9,14-17H2;1-4,7H,5-6H2. The summed E-state index contributed by atoms with van der Waals surface area (Å²) in [5.41, 5.74) is 8.02. The third-order valence-corrected chi connectivity index (χ3v) is 7.84. The van der Waals surface area contributed by atoms with Gasteiger partial charge in [-0.15, -0.1) is 0 Å². The van der Waals surface area contributed by atoms with Crippen molar-refractivity contribution >= 4 is 5.69 Å². The van der Waals surface area contributed by atoms with Crippen molar-refractivity contribution in [1.29, 1.82) is 0 Å². The molecule has 2 atom stereocenters. The van der Waals surface area contributed by atoms with Crippen LogP contribution >= 0.6 is 0 Å². The molecule has 0 bridgehead atoms.